The van der Waals surface area contributed by atoms with Gasteiger partial charge in [0.1, 0.15) is 22.3 Å². The van der Waals surface area contributed by atoms with E-state index in [4.69, 9.17) is 21.1 Å². The molecule has 1 atom stereocenters. The molecule has 1 unspecified atom stereocenters. The lowest BCUT2D eigenvalue weighted by atomic mass is 9.75. The Bertz CT molecular complexity index is 1470. The van der Waals surface area contributed by atoms with Crippen LogP contribution in [0.3, 0.4) is 0 Å². The lowest BCUT2D eigenvalue weighted by Crippen LogP contribution is -2.36. The van der Waals surface area contributed by atoms with E-state index in [-0.39, 0.29) is 6.54 Å². The molecule has 7 nitrogen and oxygen atoms in total. The van der Waals surface area contributed by atoms with E-state index in [9.17, 15) is 10.1 Å². The summed E-state index contributed by atoms with van der Waals surface area (Å²) in [5, 5.41) is 19.5. The second-order valence-corrected chi connectivity index (χ2v) is 10.5. The Morgan fingerprint density at radius 3 is 2.34 bits per heavy atom. The number of carbonyl (C=O) groups is 1. The SMILES string of the molecule is CCC(C#N)(c1ccc(Cl)cc1)c1[nH]nc2c(N(Cc3ccc(OC)cc3)C(=O)OC(C)(C)C)cccc12. The van der Waals surface area contributed by atoms with Crippen molar-refractivity contribution in [1.82, 2.24) is 10.2 Å². The van der Waals surface area contributed by atoms with Crippen molar-refractivity contribution in [1.29, 1.82) is 5.26 Å². The van der Waals surface area contributed by atoms with Crippen LogP contribution in [0.15, 0.2) is 66.7 Å². The van der Waals surface area contributed by atoms with Gasteiger partial charge in [0, 0.05) is 10.4 Å². The number of aromatic nitrogens is 2. The summed E-state index contributed by atoms with van der Waals surface area (Å²) >= 11 is 6.12. The number of H-pyrrole nitrogens is 1. The molecule has 0 aliphatic carbocycles. The summed E-state index contributed by atoms with van der Waals surface area (Å²) in [6, 6.07) is 22.9. The standard InChI is InChI=1S/C30H31ClN4O3/c1-6-30(19-32,21-12-14-22(31)15-13-21)27-24-8-7-9-25(26(24)33-34-27)35(28(36)38-29(2,3)4)18-20-10-16-23(37-5)17-11-20/h7-17H,6,18H2,1-5H3,(H,33,34). The fraction of sp³-hybridized carbons (Fsp3) is 0.300. The molecule has 196 valence electrons. The van der Waals surface area contributed by atoms with Crippen molar-refractivity contribution in [2.75, 3.05) is 12.0 Å². The van der Waals surface area contributed by atoms with Gasteiger partial charge in [-0.05, 0) is 68.7 Å². The van der Waals surface area contributed by atoms with Crippen molar-refractivity contribution in [2.24, 2.45) is 0 Å². The minimum Gasteiger partial charge on any atom is -0.497 e. The molecule has 0 saturated heterocycles. The monoisotopic (exact) mass is 530 g/mol. The van der Waals surface area contributed by atoms with Crippen molar-refractivity contribution in [3.8, 4) is 11.8 Å². The summed E-state index contributed by atoms with van der Waals surface area (Å²) < 4.78 is 11.1. The van der Waals surface area contributed by atoms with Crippen LogP contribution in [0.5, 0.6) is 5.75 Å². The minimum absolute atomic E-state index is 0.259. The van der Waals surface area contributed by atoms with Gasteiger partial charge in [-0.25, -0.2) is 4.79 Å². The van der Waals surface area contributed by atoms with Crippen LogP contribution in [-0.4, -0.2) is 29.0 Å². The number of carbonyl (C=O) groups excluding carboxylic acids is 1. The van der Waals surface area contributed by atoms with Crippen LogP contribution < -0.4 is 9.64 Å². The van der Waals surface area contributed by atoms with Gasteiger partial charge in [0.25, 0.3) is 0 Å². The number of hydrogen-bond acceptors (Lipinski definition) is 5. The number of ether oxygens (including phenoxy) is 2. The van der Waals surface area contributed by atoms with Crippen LogP contribution in [0.1, 0.15) is 50.9 Å². The first-order valence-corrected chi connectivity index (χ1v) is 12.8. The first kappa shape index (κ1) is 27.0. The number of nitriles is 1. The molecular weight excluding hydrogens is 500 g/mol. The first-order valence-electron chi connectivity index (χ1n) is 12.4. The van der Waals surface area contributed by atoms with Crippen LogP contribution in [0.25, 0.3) is 10.9 Å². The van der Waals surface area contributed by atoms with Crippen molar-refractivity contribution < 1.29 is 14.3 Å². The second kappa shape index (κ2) is 10.8. The number of hydrogen-bond donors (Lipinski definition) is 1. The van der Waals surface area contributed by atoms with Gasteiger partial charge in [-0.15, -0.1) is 0 Å². The van der Waals surface area contributed by atoms with Crippen molar-refractivity contribution in [3.05, 3.63) is 88.6 Å². The number of rotatable bonds is 7. The molecule has 4 aromatic rings. The van der Waals surface area contributed by atoms with Gasteiger partial charge in [0.2, 0.25) is 0 Å². The van der Waals surface area contributed by atoms with E-state index in [1.807, 2.05) is 82.3 Å². The van der Waals surface area contributed by atoms with E-state index in [0.29, 0.717) is 28.3 Å². The van der Waals surface area contributed by atoms with E-state index in [0.717, 1.165) is 22.3 Å². The maximum absolute atomic E-state index is 13.5. The lowest BCUT2D eigenvalue weighted by Gasteiger charge is -2.28. The van der Waals surface area contributed by atoms with E-state index in [1.54, 1.807) is 24.1 Å². The number of fused-ring (bicyclic) bond motifs is 1. The van der Waals surface area contributed by atoms with Gasteiger partial charge in [-0.3, -0.25) is 10.00 Å². The predicted molar refractivity (Wildman–Crippen MR) is 150 cm³/mol. The molecule has 38 heavy (non-hydrogen) atoms. The number of anilines is 1. The highest BCUT2D eigenvalue weighted by molar-refractivity contribution is 6.30. The summed E-state index contributed by atoms with van der Waals surface area (Å²) in [7, 11) is 1.61. The third-order valence-corrected chi connectivity index (χ3v) is 6.70. The van der Waals surface area contributed by atoms with Crippen LogP contribution in [0.4, 0.5) is 10.5 Å². The Labute approximate surface area is 227 Å². The minimum atomic E-state index is -0.981. The average Bonchev–Trinajstić information content (AvgIpc) is 3.34. The molecule has 0 aliphatic heterocycles. The zero-order valence-corrected chi connectivity index (χ0v) is 23.0. The molecule has 0 aliphatic rings. The van der Waals surface area contributed by atoms with Gasteiger partial charge in [0.15, 0.2) is 0 Å². The normalized spacial score (nSPS) is 13.0. The Morgan fingerprint density at radius 2 is 1.76 bits per heavy atom. The van der Waals surface area contributed by atoms with Crippen molar-refractivity contribution >= 4 is 34.3 Å². The fourth-order valence-corrected chi connectivity index (χ4v) is 4.63. The molecule has 4 rings (SSSR count). The maximum atomic E-state index is 13.5. The highest BCUT2D eigenvalue weighted by Gasteiger charge is 2.37. The molecule has 1 amide bonds. The van der Waals surface area contributed by atoms with Crippen LogP contribution in [-0.2, 0) is 16.7 Å². The van der Waals surface area contributed by atoms with Crippen LogP contribution >= 0.6 is 11.6 Å². The number of nitrogens with one attached hydrogen (secondary N) is 1. The molecule has 0 spiro atoms. The fourth-order valence-electron chi connectivity index (χ4n) is 4.50. The molecule has 0 radical (unpaired) electrons. The maximum Gasteiger partial charge on any atom is 0.415 e. The predicted octanol–water partition coefficient (Wildman–Crippen LogP) is 7.39. The smallest absolute Gasteiger partial charge is 0.415 e. The number of nitrogens with zero attached hydrogens (tertiary/aromatic N) is 3. The van der Waals surface area contributed by atoms with Gasteiger partial charge >= 0.3 is 6.09 Å². The Kier molecular flexibility index (Phi) is 7.66. The van der Waals surface area contributed by atoms with Gasteiger partial charge in [0.05, 0.1) is 31.1 Å². The Balaban J connectivity index is 1.85. The number of halogens is 1. The molecular formula is C30H31ClN4O3. The number of amides is 1. The number of para-hydroxylation sites is 1. The molecule has 0 fully saturated rings. The largest absolute Gasteiger partial charge is 0.497 e. The van der Waals surface area contributed by atoms with E-state index in [1.165, 1.54) is 0 Å². The average molecular weight is 531 g/mol. The zero-order chi connectivity index (χ0) is 27.5. The molecule has 0 bridgehead atoms. The number of methoxy groups -OCH3 is 1. The third-order valence-electron chi connectivity index (χ3n) is 6.45. The Morgan fingerprint density at radius 1 is 1.08 bits per heavy atom. The Hall–Kier alpha value is -4.02. The number of aromatic amines is 1. The third kappa shape index (κ3) is 5.32. The first-order chi connectivity index (χ1) is 18.1. The molecule has 1 heterocycles. The number of benzene rings is 3. The molecule has 1 N–H and O–H groups in total. The lowest BCUT2D eigenvalue weighted by molar-refractivity contribution is 0.0578. The highest BCUT2D eigenvalue weighted by atomic mass is 35.5. The molecule has 0 saturated carbocycles. The van der Waals surface area contributed by atoms with Crippen molar-refractivity contribution in [2.45, 2.75) is 51.7 Å². The zero-order valence-electron chi connectivity index (χ0n) is 22.2. The topological polar surface area (TPSA) is 91.2 Å². The van der Waals surface area contributed by atoms with Crippen molar-refractivity contribution in [3.63, 3.8) is 0 Å². The summed E-state index contributed by atoms with van der Waals surface area (Å²) in [6.07, 6.45) is 0.0129. The molecule has 3 aromatic carbocycles. The summed E-state index contributed by atoms with van der Waals surface area (Å²) in [5.74, 6) is 0.728. The molecule has 8 heteroatoms. The summed E-state index contributed by atoms with van der Waals surface area (Å²) in [6.45, 7) is 7.72. The van der Waals surface area contributed by atoms with Crippen LogP contribution in [0, 0.1) is 11.3 Å². The van der Waals surface area contributed by atoms with E-state index >= 15 is 0 Å². The van der Waals surface area contributed by atoms with E-state index in [2.05, 4.69) is 16.3 Å². The van der Waals surface area contributed by atoms with Crippen LogP contribution in [0.2, 0.25) is 5.02 Å². The van der Waals surface area contributed by atoms with Gasteiger partial charge in [-0.2, -0.15) is 10.4 Å². The highest BCUT2D eigenvalue weighted by Crippen LogP contribution is 2.40. The van der Waals surface area contributed by atoms with Gasteiger partial charge in [-0.1, -0.05) is 54.9 Å². The summed E-state index contributed by atoms with van der Waals surface area (Å²) in [5.41, 5.74) is 1.85. The van der Waals surface area contributed by atoms with Gasteiger partial charge < -0.3 is 9.47 Å². The van der Waals surface area contributed by atoms with E-state index < -0.39 is 17.1 Å². The summed E-state index contributed by atoms with van der Waals surface area (Å²) in [4.78, 5) is 15.0. The second-order valence-electron chi connectivity index (χ2n) is 10.1. The molecule has 1 aromatic heterocycles. The quantitative estimate of drug-likeness (QED) is 0.269.